The summed E-state index contributed by atoms with van der Waals surface area (Å²) < 4.78 is 0. The summed E-state index contributed by atoms with van der Waals surface area (Å²) in [5, 5.41) is 17.3. The fraction of sp³-hybridized carbons (Fsp3) is 0.615. The highest BCUT2D eigenvalue weighted by molar-refractivity contribution is 7.09. The number of nitrogens with zero attached hydrogens (tertiary/aromatic N) is 1. The number of carbonyl (C=O) groups excluding carboxylic acids is 1. The van der Waals surface area contributed by atoms with Gasteiger partial charge in [-0.1, -0.05) is 6.92 Å². The zero-order valence-corrected chi connectivity index (χ0v) is 12.2. The highest BCUT2D eigenvalue weighted by Gasteiger charge is 2.33. The van der Waals surface area contributed by atoms with Crippen LogP contribution in [0.4, 0.5) is 4.79 Å². The van der Waals surface area contributed by atoms with Crippen molar-refractivity contribution in [3.05, 3.63) is 16.6 Å². The van der Waals surface area contributed by atoms with E-state index in [9.17, 15) is 9.59 Å². The molecule has 110 valence electrons. The van der Waals surface area contributed by atoms with Gasteiger partial charge in [0.25, 0.3) is 0 Å². The molecule has 1 heterocycles. The molecule has 2 rings (SSSR count). The Kier molecular flexibility index (Phi) is 4.94. The van der Waals surface area contributed by atoms with Crippen molar-refractivity contribution in [2.45, 2.75) is 38.1 Å². The van der Waals surface area contributed by atoms with E-state index in [0.717, 1.165) is 17.8 Å². The van der Waals surface area contributed by atoms with E-state index in [4.69, 9.17) is 5.11 Å². The number of nitrogens with one attached hydrogen (secondary N) is 2. The second kappa shape index (κ2) is 6.69. The molecular weight excluding hydrogens is 278 g/mol. The summed E-state index contributed by atoms with van der Waals surface area (Å²) in [6.45, 7) is 2.48. The first-order valence-corrected chi connectivity index (χ1v) is 7.59. The Hall–Kier alpha value is -1.63. The Morgan fingerprint density at radius 2 is 2.30 bits per heavy atom. The van der Waals surface area contributed by atoms with Crippen molar-refractivity contribution in [1.29, 1.82) is 0 Å². The molecule has 1 saturated carbocycles. The third-order valence-corrected chi connectivity index (χ3v) is 4.35. The zero-order chi connectivity index (χ0) is 14.5. The lowest BCUT2D eigenvalue weighted by Crippen LogP contribution is -2.45. The first-order valence-electron chi connectivity index (χ1n) is 6.71. The first kappa shape index (κ1) is 14.8. The van der Waals surface area contributed by atoms with Gasteiger partial charge in [-0.25, -0.2) is 9.78 Å². The number of hydrogen-bond acceptors (Lipinski definition) is 4. The smallest absolute Gasteiger partial charge is 0.315 e. The van der Waals surface area contributed by atoms with Crippen LogP contribution in [-0.4, -0.2) is 34.7 Å². The molecule has 0 aliphatic heterocycles. The average molecular weight is 297 g/mol. The molecule has 0 saturated heterocycles. The number of thiazole rings is 1. The molecule has 3 N–H and O–H groups in total. The SMILES string of the molecule is CC(CNC(=O)NC(CC(=O)O)C1CC1)c1nccs1. The van der Waals surface area contributed by atoms with Gasteiger partial charge in [0.15, 0.2) is 0 Å². The number of amides is 2. The van der Waals surface area contributed by atoms with Crippen LogP contribution in [0.25, 0.3) is 0 Å². The summed E-state index contributed by atoms with van der Waals surface area (Å²) >= 11 is 1.56. The fourth-order valence-corrected chi connectivity index (χ4v) is 2.75. The molecule has 2 amide bonds. The van der Waals surface area contributed by atoms with E-state index in [1.54, 1.807) is 17.5 Å². The Balaban J connectivity index is 1.75. The molecule has 1 aromatic rings. The van der Waals surface area contributed by atoms with E-state index in [-0.39, 0.29) is 24.4 Å². The normalized spacial score (nSPS) is 17.2. The molecule has 6 nitrogen and oxygen atoms in total. The monoisotopic (exact) mass is 297 g/mol. The van der Waals surface area contributed by atoms with Gasteiger partial charge >= 0.3 is 12.0 Å². The summed E-state index contributed by atoms with van der Waals surface area (Å²) in [7, 11) is 0. The molecule has 0 aromatic carbocycles. The molecule has 2 atom stereocenters. The van der Waals surface area contributed by atoms with Crippen LogP contribution in [0.1, 0.15) is 37.1 Å². The summed E-state index contributed by atoms with van der Waals surface area (Å²) in [6.07, 6.45) is 3.72. The maximum atomic E-state index is 11.8. The number of carboxylic acid groups (broad SMARTS) is 1. The van der Waals surface area contributed by atoms with Crippen LogP contribution >= 0.6 is 11.3 Å². The van der Waals surface area contributed by atoms with Gasteiger partial charge < -0.3 is 15.7 Å². The highest BCUT2D eigenvalue weighted by atomic mass is 32.1. The van der Waals surface area contributed by atoms with E-state index in [1.165, 1.54) is 0 Å². The van der Waals surface area contributed by atoms with Crippen LogP contribution in [0.15, 0.2) is 11.6 Å². The third-order valence-electron chi connectivity index (χ3n) is 3.34. The predicted octanol–water partition coefficient (Wildman–Crippen LogP) is 1.80. The fourth-order valence-electron chi connectivity index (χ4n) is 2.05. The van der Waals surface area contributed by atoms with Gasteiger partial charge in [-0.15, -0.1) is 11.3 Å². The van der Waals surface area contributed by atoms with Gasteiger partial charge in [0.05, 0.1) is 11.4 Å². The number of carboxylic acids is 1. The predicted molar refractivity (Wildman–Crippen MR) is 75.8 cm³/mol. The molecular formula is C13H19N3O3S. The summed E-state index contributed by atoms with van der Waals surface area (Å²) in [4.78, 5) is 26.8. The lowest BCUT2D eigenvalue weighted by molar-refractivity contribution is -0.137. The number of aromatic nitrogens is 1. The van der Waals surface area contributed by atoms with Crippen molar-refractivity contribution in [3.8, 4) is 0 Å². The van der Waals surface area contributed by atoms with Crippen LogP contribution in [-0.2, 0) is 4.79 Å². The molecule has 0 radical (unpaired) electrons. The van der Waals surface area contributed by atoms with Gasteiger partial charge in [-0.05, 0) is 18.8 Å². The Morgan fingerprint density at radius 3 is 2.85 bits per heavy atom. The second-order valence-electron chi connectivity index (χ2n) is 5.17. The molecule has 1 aromatic heterocycles. The number of carbonyl (C=O) groups is 2. The molecule has 0 spiro atoms. The second-order valence-corrected chi connectivity index (χ2v) is 6.09. The van der Waals surface area contributed by atoms with Crippen molar-refractivity contribution < 1.29 is 14.7 Å². The zero-order valence-electron chi connectivity index (χ0n) is 11.3. The van der Waals surface area contributed by atoms with Crippen LogP contribution in [0.5, 0.6) is 0 Å². The number of urea groups is 1. The Labute approximate surface area is 121 Å². The van der Waals surface area contributed by atoms with E-state index in [2.05, 4.69) is 15.6 Å². The molecule has 0 bridgehead atoms. The van der Waals surface area contributed by atoms with Gasteiger partial charge in [-0.3, -0.25) is 4.79 Å². The third kappa shape index (κ3) is 4.48. The van der Waals surface area contributed by atoms with Crippen LogP contribution < -0.4 is 10.6 Å². The lowest BCUT2D eigenvalue weighted by atomic mass is 10.1. The van der Waals surface area contributed by atoms with Crippen LogP contribution in [0, 0.1) is 5.92 Å². The van der Waals surface area contributed by atoms with Crippen LogP contribution in [0.3, 0.4) is 0 Å². The minimum atomic E-state index is -0.877. The average Bonchev–Trinajstić information content (AvgIpc) is 3.09. The van der Waals surface area contributed by atoms with Gasteiger partial charge in [0.1, 0.15) is 0 Å². The maximum absolute atomic E-state index is 11.8. The minimum absolute atomic E-state index is 0.0138. The first-order chi connectivity index (χ1) is 9.56. The van der Waals surface area contributed by atoms with Gasteiger partial charge in [0.2, 0.25) is 0 Å². The summed E-state index contributed by atoms with van der Waals surface area (Å²) in [5.41, 5.74) is 0. The molecule has 1 aliphatic rings. The topological polar surface area (TPSA) is 91.3 Å². The standard InChI is InChI=1S/C13H19N3O3S/c1-8(12-14-4-5-20-12)7-15-13(19)16-10(6-11(17)18)9-2-3-9/h4-5,8-10H,2-3,6-7H2,1H3,(H,17,18)(H2,15,16,19). The number of aliphatic carboxylic acids is 1. The number of hydrogen-bond donors (Lipinski definition) is 3. The highest BCUT2D eigenvalue weighted by Crippen LogP contribution is 2.33. The molecule has 7 heteroatoms. The lowest BCUT2D eigenvalue weighted by Gasteiger charge is -2.17. The molecule has 1 fully saturated rings. The van der Waals surface area contributed by atoms with E-state index in [1.807, 2.05) is 12.3 Å². The largest absolute Gasteiger partial charge is 0.481 e. The van der Waals surface area contributed by atoms with Crippen molar-refractivity contribution in [1.82, 2.24) is 15.6 Å². The van der Waals surface area contributed by atoms with E-state index < -0.39 is 5.97 Å². The van der Waals surface area contributed by atoms with Crippen molar-refractivity contribution in [3.63, 3.8) is 0 Å². The molecule has 1 aliphatic carbocycles. The maximum Gasteiger partial charge on any atom is 0.315 e. The number of rotatable bonds is 7. The van der Waals surface area contributed by atoms with Gasteiger partial charge in [0, 0.05) is 30.1 Å². The molecule has 20 heavy (non-hydrogen) atoms. The summed E-state index contributed by atoms with van der Waals surface area (Å²) in [6, 6.07) is -0.561. The summed E-state index contributed by atoms with van der Waals surface area (Å²) in [5.74, 6) is -0.411. The van der Waals surface area contributed by atoms with Gasteiger partial charge in [-0.2, -0.15) is 0 Å². The Morgan fingerprint density at radius 1 is 1.55 bits per heavy atom. The Bertz CT molecular complexity index is 459. The van der Waals surface area contributed by atoms with E-state index >= 15 is 0 Å². The van der Waals surface area contributed by atoms with Crippen molar-refractivity contribution in [2.75, 3.05) is 6.54 Å². The minimum Gasteiger partial charge on any atom is -0.481 e. The van der Waals surface area contributed by atoms with E-state index in [0.29, 0.717) is 12.5 Å². The van der Waals surface area contributed by atoms with Crippen LogP contribution in [0.2, 0.25) is 0 Å². The quantitative estimate of drug-likeness (QED) is 0.715. The molecule has 2 unspecified atom stereocenters. The van der Waals surface area contributed by atoms with Crippen molar-refractivity contribution in [2.24, 2.45) is 5.92 Å². The van der Waals surface area contributed by atoms with Crippen molar-refractivity contribution >= 4 is 23.3 Å².